The minimum atomic E-state index is -0.381. The van der Waals surface area contributed by atoms with Gasteiger partial charge in [-0.25, -0.2) is 9.37 Å². The molecule has 0 saturated carbocycles. The van der Waals surface area contributed by atoms with Crippen LogP contribution in [0, 0.1) is 17.1 Å². The fraction of sp³-hybridized carbons (Fsp3) is 0.133. The number of carbonyl (C=O) groups is 1. The summed E-state index contributed by atoms with van der Waals surface area (Å²) in [6, 6.07) is 7.57. The molecule has 1 aromatic heterocycles. The molecule has 0 fully saturated rings. The third kappa shape index (κ3) is 3.74. The lowest BCUT2D eigenvalue weighted by molar-refractivity contribution is -0.112. The van der Waals surface area contributed by atoms with E-state index in [1.54, 1.807) is 18.2 Å². The number of nitriles is 1. The lowest BCUT2D eigenvalue weighted by atomic mass is 10.2. The van der Waals surface area contributed by atoms with E-state index in [2.05, 4.69) is 4.98 Å². The van der Waals surface area contributed by atoms with Crippen LogP contribution in [0.5, 0.6) is 0 Å². The first-order valence-electron chi connectivity index (χ1n) is 6.25. The van der Waals surface area contributed by atoms with Crippen LogP contribution < -0.4 is 5.73 Å². The topological polar surface area (TPSA) is 92.9 Å². The number of nitrogens with two attached hydrogens (primary N) is 1. The summed E-state index contributed by atoms with van der Waals surface area (Å²) in [7, 11) is 0. The van der Waals surface area contributed by atoms with Gasteiger partial charge < -0.3 is 10.2 Å². The van der Waals surface area contributed by atoms with E-state index < -0.39 is 0 Å². The van der Waals surface area contributed by atoms with E-state index in [1.165, 1.54) is 25.3 Å². The highest BCUT2D eigenvalue weighted by atomic mass is 32.2. The molecule has 1 aromatic carbocycles. The molecule has 112 valence electrons. The second kappa shape index (κ2) is 6.91. The Morgan fingerprint density at radius 2 is 2.14 bits per heavy atom. The third-order valence-electron chi connectivity index (χ3n) is 2.72. The number of oxazole rings is 1. The highest BCUT2D eigenvalue weighted by molar-refractivity contribution is 7.99. The van der Waals surface area contributed by atoms with Gasteiger partial charge in [0.2, 0.25) is 0 Å². The molecule has 22 heavy (non-hydrogen) atoms. The van der Waals surface area contributed by atoms with Crippen molar-refractivity contribution in [1.29, 1.82) is 5.26 Å². The van der Waals surface area contributed by atoms with Crippen molar-refractivity contribution in [2.24, 2.45) is 5.73 Å². The number of allylic oxidation sites excluding steroid dienone is 2. The number of hydrogen-bond acceptors (Lipinski definition) is 6. The maximum Gasteiger partial charge on any atom is 0.256 e. The molecule has 0 aliphatic rings. The van der Waals surface area contributed by atoms with Gasteiger partial charge in [0.25, 0.3) is 5.22 Å². The van der Waals surface area contributed by atoms with Crippen molar-refractivity contribution < 1.29 is 13.6 Å². The largest absolute Gasteiger partial charge is 0.431 e. The minimum absolute atomic E-state index is 0.000798. The molecule has 7 heteroatoms. The van der Waals surface area contributed by atoms with E-state index >= 15 is 0 Å². The number of nitrogens with zero attached hydrogens (tertiary/aromatic N) is 2. The van der Waals surface area contributed by atoms with Gasteiger partial charge in [-0.1, -0.05) is 11.8 Å². The van der Waals surface area contributed by atoms with E-state index in [0.29, 0.717) is 16.5 Å². The second-order valence-corrected chi connectivity index (χ2v) is 5.31. The molecule has 0 unspecified atom stereocenters. The standard InChI is InChI=1S/C15H12FN3O2S/c1-9(18)12(6-17)13(20)8-22-15-19-7-14(21-15)10-2-4-11(16)5-3-10/h2-5,7H,8,18H2,1H3/b12-9-. The molecule has 0 aliphatic heterocycles. The summed E-state index contributed by atoms with van der Waals surface area (Å²) >= 11 is 1.07. The lowest BCUT2D eigenvalue weighted by Gasteiger charge is -1.99. The number of Topliss-reactive ketones (excluding diaryl/α,β-unsaturated/α-hetero) is 1. The van der Waals surface area contributed by atoms with Crippen molar-refractivity contribution in [3.05, 3.63) is 47.5 Å². The molecule has 2 N–H and O–H groups in total. The lowest BCUT2D eigenvalue weighted by Crippen LogP contribution is -2.10. The monoisotopic (exact) mass is 317 g/mol. The van der Waals surface area contributed by atoms with Gasteiger partial charge in [0, 0.05) is 11.3 Å². The average molecular weight is 317 g/mol. The minimum Gasteiger partial charge on any atom is -0.431 e. The van der Waals surface area contributed by atoms with Gasteiger partial charge in [-0.05, 0) is 31.2 Å². The Morgan fingerprint density at radius 1 is 1.45 bits per heavy atom. The van der Waals surface area contributed by atoms with Crippen LogP contribution >= 0.6 is 11.8 Å². The van der Waals surface area contributed by atoms with Gasteiger partial charge in [-0.15, -0.1) is 0 Å². The predicted molar refractivity (Wildman–Crippen MR) is 80.1 cm³/mol. The number of hydrogen-bond donors (Lipinski definition) is 1. The first kappa shape index (κ1) is 15.8. The van der Waals surface area contributed by atoms with Crippen LogP contribution in [-0.2, 0) is 4.79 Å². The molecular formula is C15H12FN3O2S. The maximum absolute atomic E-state index is 12.9. The Morgan fingerprint density at radius 3 is 2.73 bits per heavy atom. The van der Waals surface area contributed by atoms with Crippen molar-refractivity contribution in [3.8, 4) is 17.4 Å². The molecule has 2 aromatic rings. The average Bonchev–Trinajstić information content (AvgIpc) is 2.95. The van der Waals surface area contributed by atoms with E-state index in [9.17, 15) is 9.18 Å². The number of carbonyl (C=O) groups excluding carboxylic acids is 1. The smallest absolute Gasteiger partial charge is 0.256 e. The summed E-state index contributed by atoms with van der Waals surface area (Å²) in [5.74, 6) is -0.243. The number of halogens is 1. The van der Waals surface area contributed by atoms with Crippen LogP contribution in [0.25, 0.3) is 11.3 Å². The van der Waals surface area contributed by atoms with Crippen molar-refractivity contribution >= 4 is 17.5 Å². The number of rotatable bonds is 5. The van der Waals surface area contributed by atoms with Crippen LogP contribution in [0.15, 0.2) is 51.4 Å². The molecule has 0 spiro atoms. The third-order valence-corrected chi connectivity index (χ3v) is 3.57. The van der Waals surface area contributed by atoms with E-state index in [0.717, 1.165) is 11.8 Å². The van der Waals surface area contributed by atoms with Gasteiger partial charge in [0.1, 0.15) is 17.5 Å². The van der Waals surface area contributed by atoms with Crippen molar-refractivity contribution in [2.45, 2.75) is 12.1 Å². The van der Waals surface area contributed by atoms with E-state index in [4.69, 9.17) is 15.4 Å². The van der Waals surface area contributed by atoms with Crippen molar-refractivity contribution in [2.75, 3.05) is 5.75 Å². The number of aromatic nitrogens is 1. The molecule has 5 nitrogen and oxygen atoms in total. The zero-order valence-electron chi connectivity index (χ0n) is 11.7. The first-order valence-corrected chi connectivity index (χ1v) is 7.24. The van der Waals surface area contributed by atoms with Gasteiger partial charge >= 0.3 is 0 Å². The van der Waals surface area contributed by atoms with Crippen molar-refractivity contribution in [3.63, 3.8) is 0 Å². The molecule has 0 saturated heterocycles. The van der Waals surface area contributed by atoms with Crippen LogP contribution in [0.4, 0.5) is 4.39 Å². The number of ketones is 1. The molecule has 0 bridgehead atoms. The normalized spacial score (nSPS) is 11.7. The van der Waals surface area contributed by atoms with Gasteiger partial charge in [-0.3, -0.25) is 4.79 Å². The Bertz CT molecular complexity index is 756. The van der Waals surface area contributed by atoms with Gasteiger partial charge in [-0.2, -0.15) is 5.26 Å². The number of benzene rings is 1. The fourth-order valence-electron chi connectivity index (χ4n) is 1.64. The van der Waals surface area contributed by atoms with Crippen LogP contribution in [0.1, 0.15) is 6.92 Å². The summed E-state index contributed by atoms with van der Waals surface area (Å²) < 4.78 is 18.3. The molecule has 0 aliphatic carbocycles. The van der Waals surface area contributed by atoms with Crippen molar-refractivity contribution in [1.82, 2.24) is 4.98 Å². The second-order valence-electron chi connectivity index (χ2n) is 4.38. The maximum atomic E-state index is 12.9. The summed E-state index contributed by atoms with van der Waals surface area (Å²) in [6.07, 6.45) is 1.50. The van der Waals surface area contributed by atoms with Crippen LogP contribution in [0.2, 0.25) is 0 Å². The quantitative estimate of drug-likeness (QED) is 0.518. The molecule has 2 rings (SSSR count). The summed E-state index contributed by atoms with van der Waals surface area (Å²) in [5, 5.41) is 9.14. The Balaban J connectivity index is 2.04. The molecule has 0 atom stereocenters. The Hall–Kier alpha value is -2.59. The fourth-order valence-corrected chi connectivity index (χ4v) is 2.32. The number of thioether (sulfide) groups is 1. The summed E-state index contributed by atoms with van der Waals surface area (Å²) in [4.78, 5) is 15.8. The Labute approximate surface area is 130 Å². The summed E-state index contributed by atoms with van der Waals surface area (Å²) in [6.45, 7) is 1.50. The highest BCUT2D eigenvalue weighted by Gasteiger charge is 2.14. The zero-order chi connectivity index (χ0) is 16.1. The van der Waals surface area contributed by atoms with Crippen LogP contribution in [-0.4, -0.2) is 16.5 Å². The summed E-state index contributed by atoms with van der Waals surface area (Å²) in [5.41, 5.74) is 6.28. The molecule has 1 heterocycles. The van der Waals surface area contributed by atoms with E-state index in [1.807, 2.05) is 0 Å². The molecular weight excluding hydrogens is 305 g/mol. The van der Waals surface area contributed by atoms with Gasteiger partial charge in [0.15, 0.2) is 11.5 Å². The van der Waals surface area contributed by atoms with Crippen LogP contribution in [0.3, 0.4) is 0 Å². The molecule has 0 radical (unpaired) electrons. The predicted octanol–water partition coefficient (Wildman–Crippen LogP) is 2.90. The highest BCUT2D eigenvalue weighted by Crippen LogP contribution is 2.26. The van der Waals surface area contributed by atoms with Gasteiger partial charge in [0.05, 0.1) is 11.9 Å². The molecule has 0 amide bonds. The Kier molecular flexibility index (Phi) is 4.96. The van der Waals surface area contributed by atoms with E-state index in [-0.39, 0.29) is 28.6 Å². The SMILES string of the molecule is C/C(N)=C(\C#N)C(=O)CSc1ncc(-c2ccc(F)cc2)o1. The first-order chi connectivity index (χ1) is 10.5. The zero-order valence-corrected chi connectivity index (χ0v) is 12.5.